The molecule has 0 radical (unpaired) electrons. The summed E-state index contributed by atoms with van der Waals surface area (Å²) in [7, 11) is 0. The Morgan fingerprint density at radius 3 is 2.65 bits per heavy atom. The molecule has 4 nitrogen and oxygen atoms in total. The van der Waals surface area contributed by atoms with Crippen LogP contribution in [0.3, 0.4) is 0 Å². The number of rotatable bonds is 5. The van der Waals surface area contributed by atoms with E-state index in [1.807, 2.05) is 36.4 Å². The fraction of sp³-hybridized carbons (Fsp3) is 0.333. The number of benzene rings is 2. The average Bonchev–Trinajstić information content (AvgIpc) is 2.61. The maximum absolute atomic E-state index is 12.4. The summed E-state index contributed by atoms with van der Waals surface area (Å²) in [5.41, 5.74) is 1.91. The van der Waals surface area contributed by atoms with E-state index in [9.17, 15) is 4.79 Å². The Labute approximate surface area is 158 Å². The van der Waals surface area contributed by atoms with E-state index in [4.69, 9.17) is 16.3 Å². The minimum atomic E-state index is -0.0248. The van der Waals surface area contributed by atoms with Gasteiger partial charge in [0.05, 0.1) is 28.9 Å². The number of aryl methyl sites for hydroxylation is 1. The molecule has 0 saturated carbocycles. The summed E-state index contributed by atoms with van der Waals surface area (Å²) >= 11 is 6.33. The molecule has 0 fully saturated rings. The first-order chi connectivity index (χ1) is 12.4. The zero-order valence-corrected chi connectivity index (χ0v) is 16.1. The molecular formula is C21H23ClN2O2. The summed E-state index contributed by atoms with van der Waals surface area (Å²) in [6.07, 6.45) is 2.28. The molecule has 3 rings (SSSR count). The van der Waals surface area contributed by atoms with Crippen LogP contribution in [0.25, 0.3) is 10.9 Å². The Morgan fingerprint density at radius 1 is 1.15 bits per heavy atom. The van der Waals surface area contributed by atoms with Crippen LogP contribution in [0.2, 0.25) is 5.02 Å². The monoisotopic (exact) mass is 370 g/mol. The van der Waals surface area contributed by atoms with Crippen LogP contribution in [-0.4, -0.2) is 16.2 Å². The molecule has 0 amide bonds. The molecule has 3 aromatic rings. The van der Waals surface area contributed by atoms with Crippen LogP contribution >= 0.6 is 11.6 Å². The Hall–Kier alpha value is -2.33. The highest BCUT2D eigenvalue weighted by Crippen LogP contribution is 2.31. The largest absolute Gasteiger partial charge is 0.492 e. The lowest BCUT2D eigenvalue weighted by molar-refractivity contribution is 0.301. The van der Waals surface area contributed by atoms with Gasteiger partial charge in [-0.25, -0.2) is 4.98 Å². The van der Waals surface area contributed by atoms with Crippen molar-refractivity contribution < 1.29 is 4.74 Å². The van der Waals surface area contributed by atoms with Gasteiger partial charge in [-0.1, -0.05) is 50.6 Å². The number of aromatic nitrogens is 2. The van der Waals surface area contributed by atoms with Crippen molar-refractivity contribution >= 4 is 22.5 Å². The minimum absolute atomic E-state index is 0.0248. The summed E-state index contributed by atoms with van der Waals surface area (Å²) in [5.74, 6) is 0.670. The van der Waals surface area contributed by atoms with Gasteiger partial charge in [-0.15, -0.1) is 0 Å². The van der Waals surface area contributed by atoms with Crippen LogP contribution in [0, 0.1) is 0 Å². The Morgan fingerprint density at radius 2 is 1.92 bits per heavy atom. The molecule has 0 unspecified atom stereocenters. The van der Waals surface area contributed by atoms with Crippen molar-refractivity contribution in [2.45, 2.75) is 39.2 Å². The van der Waals surface area contributed by atoms with Gasteiger partial charge >= 0.3 is 0 Å². The molecular weight excluding hydrogens is 348 g/mol. The molecule has 0 N–H and O–H groups in total. The fourth-order valence-corrected chi connectivity index (χ4v) is 3.00. The van der Waals surface area contributed by atoms with E-state index in [1.54, 1.807) is 17.0 Å². The van der Waals surface area contributed by atoms with Gasteiger partial charge in [-0.3, -0.25) is 9.36 Å². The van der Waals surface area contributed by atoms with Crippen LogP contribution in [0.1, 0.15) is 32.8 Å². The van der Waals surface area contributed by atoms with Crippen LogP contribution < -0.4 is 10.3 Å². The summed E-state index contributed by atoms with van der Waals surface area (Å²) in [6.45, 7) is 7.47. The third-order valence-corrected chi connectivity index (χ3v) is 4.63. The number of nitrogens with zero attached hydrogens (tertiary/aromatic N) is 2. The van der Waals surface area contributed by atoms with Gasteiger partial charge in [0.25, 0.3) is 5.56 Å². The van der Waals surface area contributed by atoms with Crippen LogP contribution in [0.5, 0.6) is 5.75 Å². The summed E-state index contributed by atoms with van der Waals surface area (Å²) < 4.78 is 7.41. The van der Waals surface area contributed by atoms with Crippen LogP contribution in [0.4, 0.5) is 0 Å². The first kappa shape index (κ1) is 18.5. The topological polar surface area (TPSA) is 44.1 Å². The quantitative estimate of drug-likeness (QED) is 0.605. The number of hydrogen-bond donors (Lipinski definition) is 0. The lowest BCUT2D eigenvalue weighted by Gasteiger charge is -2.20. The second-order valence-electron chi connectivity index (χ2n) is 7.36. The molecule has 2 aromatic carbocycles. The van der Waals surface area contributed by atoms with Gasteiger partial charge in [0, 0.05) is 6.54 Å². The van der Waals surface area contributed by atoms with E-state index < -0.39 is 0 Å². The Kier molecular flexibility index (Phi) is 5.33. The third kappa shape index (κ3) is 4.07. The molecule has 136 valence electrons. The molecule has 1 heterocycles. The summed E-state index contributed by atoms with van der Waals surface area (Å²) in [6, 6.07) is 13.3. The van der Waals surface area contributed by atoms with Crippen LogP contribution in [-0.2, 0) is 12.0 Å². The Bertz CT molecular complexity index is 974. The van der Waals surface area contributed by atoms with E-state index in [0.29, 0.717) is 35.7 Å². The normalized spacial score (nSPS) is 11.7. The molecule has 0 bridgehead atoms. The van der Waals surface area contributed by atoms with E-state index >= 15 is 0 Å². The van der Waals surface area contributed by atoms with Crippen molar-refractivity contribution in [3.63, 3.8) is 0 Å². The van der Waals surface area contributed by atoms with E-state index in [1.165, 1.54) is 5.56 Å². The molecule has 0 aliphatic heterocycles. The second kappa shape index (κ2) is 7.50. The van der Waals surface area contributed by atoms with Crippen molar-refractivity contribution in [2.75, 3.05) is 6.61 Å². The van der Waals surface area contributed by atoms with Crippen molar-refractivity contribution in [3.8, 4) is 5.75 Å². The van der Waals surface area contributed by atoms with Gasteiger partial charge < -0.3 is 4.74 Å². The molecule has 1 aromatic heterocycles. The van der Waals surface area contributed by atoms with Gasteiger partial charge in [-0.05, 0) is 41.7 Å². The molecule has 0 aliphatic carbocycles. The maximum atomic E-state index is 12.4. The molecule has 5 heteroatoms. The summed E-state index contributed by atoms with van der Waals surface area (Å²) in [5, 5.41) is 1.25. The van der Waals surface area contributed by atoms with Crippen molar-refractivity contribution in [3.05, 3.63) is 69.7 Å². The summed E-state index contributed by atoms with van der Waals surface area (Å²) in [4.78, 5) is 16.8. The van der Waals surface area contributed by atoms with Crippen LogP contribution in [0.15, 0.2) is 53.6 Å². The lowest BCUT2D eigenvalue weighted by atomic mass is 9.87. The highest BCUT2D eigenvalue weighted by molar-refractivity contribution is 6.32. The fourth-order valence-electron chi connectivity index (χ4n) is 2.77. The standard InChI is InChI=1S/C21H23ClN2O2/c1-21(2,3)15-9-10-19(17(22)13-15)26-12-6-11-24-14-23-18-8-5-4-7-16(18)20(24)25/h4-5,7-10,13-14H,6,11-12H2,1-3H3. The molecule has 0 spiro atoms. The number of para-hydroxylation sites is 1. The first-order valence-corrected chi connectivity index (χ1v) is 9.11. The zero-order valence-electron chi connectivity index (χ0n) is 15.3. The van der Waals surface area contributed by atoms with E-state index in [-0.39, 0.29) is 11.0 Å². The predicted octanol–water partition coefficient (Wildman–Crippen LogP) is 4.82. The van der Waals surface area contributed by atoms with Gasteiger partial charge in [0.15, 0.2) is 0 Å². The molecule has 26 heavy (non-hydrogen) atoms. The minimum Gasteiger partial charge on any atom is -0.492 e. The number of fused-ring (bicyclic) bond motifs is 1. The van der Waals surface area contributed by atoms with Gasteiger partial charge in [0.2, 0.25) is 0 Å². The van der Waals surface area contributed by atoms with E-state index in [0.717, 1.165) is 5.52 Å². The average molecular weight is 371 g/mol. The predicted molar refractivity (Wildman–Crippen MR) is 106 cm³/mol. The molecule has 0 saturated heterocycles. The lowest BCUT2D eigenvalue weighted by Crippen LogP contribution is -2.21. The molecule has 0 atom stereocenters. The van der Waals surface area contributed by atoms with Gasteiger partial charge in [-0.2, -0.15) is 0 Å². The van der Waals surface area contributed by atoms with Gasteiger partial charge in [0.1, 0.15) is 5.75 Å². The second-order valence-corrected chi connectivity index (χ2v) is 7.76. The molecule has 0 aliphatic rings. The Balaban J connectivity index is 1.61. The number of ether oxygens (including phenoxy) is 1. The van der Waals surface area contributed by atoms with E-state index in [2.05, 4.69) is 25.8 Å². The van der Waals surface area contributed by atoms with Crippen molar-refractivity contribution in [2.24, 2.45) is 0 Å². The zero-order chi connectivity index (χ0) is 18.7. The SMILES string of the molecule is CC(C)(C)c1ccc(OCCCn2cnc3ccccc3c2=O)c(Cl)c1. The van der Waals surface area contributed by atoms with Crippen molar-refractivity contribution in [1.82, 2.24) is 9.55 Å². The highest BCUT2D eigenvalue weighted by atomic mass is 35.5. The smallest absolute Gasteiger partial charge is 0.261 e. The highest BCUT2D eigenvalue weighted by Gasteiger charge is 2.15. The third-order valence-electron chi connectivity index (χ3n) is 4.33. The first-order valence-electron chi connectivity index (χ1n) is 8.73. The number of halogens is 1. The number of hydrogen-bond acceptors (Lipinski definition) is 3. The van der Waals surface area contributed by atoms with Crippen molar-refractivity contribution in [1.29, 1.82) is 0 Å². The maximum Gasteiger partial charge on any atom is 0.261 e.